The minimum atomic E-state index is -0.291. The van der Waals surface area contributed by atoms with Gasteiger partial charge in [0, 0.05) is 0 Å². The first-order chi connectivity index (χ1) is 10.2. The molecule has 2 heteroatoms. The summed E-state index contributed by atoms with van der Waals surface area (Å²) in [4.78, 5) is 11.9. The number of rotatable bonds is 3. The van der Waals surface area contributed by atoms with Crippen molar-refractivity contribution in [2.45, 2.75) is 34.1 Å². The molecule has 0 unspecified atom stereocenters. The average Bonchev–Trinajstić information content (AvgIpc) is 2.56. The normalized spacial score (nSPS) is 9.57. The molecule has 0 heterocycles. The molecule has 2 aromatic carbocycles. The number of benzene rings is 2. The van der Waals surface area contributed by atoms with Crippen molar-refractivity contribution < 1.29 is 9.53 Å². The third-order valence-electron chi connectivity index (χ3n) is 3.33. The fourth-order valence-corrected chi connectivity index (χ4v) is 2.20. The zero-order valence-corrected chi connectivity index (χ0v) is 13.6. The predicted molar refractivity (Wildman–Crippen MR) is 88.7 cm³/mol. The Bertz CT molecular complexity index is 600. The molecule has 2 nitrogen and oxygen atoms in total. The molecule has 0 atom stereocenters. The van der Waals surface area contributed by atoms with Crippen molar-refractivity contribution in [1.82, 2.24) is 0 Å². The van der Waals surface area contributed by atoms with Gasteiger partial charge >= 0.3 is 5.97 Å². The first-order valence-corrected chi connectivity index (χ1v) is 7.44. The molecule has 21 heavy (non-hydrogen) atoms. The van der Waals surface area contributed by atoms with E-state index >= 15 is 0 Å². The highest BCUT2D eigenvalue weighted by atomic mass is 16.5. The van der Waals surface area contributed by atoms with E-state index in [0.29, 0.717) is 5.56 Å². The number of aryl methyl sites for hydroxylation is 2. The van der Waals surface area contributed by atoms with Gasteiger partial charge in [0.1, 0.15) is 0 Å². The fraction of sp³-hybridized carbons (Fsp3) is 0.316. The number of esters is 1. The Balaban J connectivity index is 0.00000106. The molecule has 2 aromatic rings. The van der Waals surface area contributed by atoms with Crippen molar-refractivity contribution in [2.75, 3.05) is 7.11 Å². The molecule has 0 aliphatic heterocycles. The summed E-state index contributed by atoms with van der Waals surface area (Å²) in [5, 5.41) is 0. The smallest absolute Gasteiger partial charge is 0.338 e. The van der Waals surface area contributed by atoms with Gasteiger partial charge in [0.15, 0.2) is 0 Å². The highest BCUT2D eigenvalue weighted by Gasteiger charge is 2.14. The molecule has 0 radical (unpaired) electrons. The van der Waals surface area contributed by atoms with Crippen LogP contribution in [0.4, 0.5) is 0 Å². The van der Waals surface area contributed by atoms with Crippen LogP contribution in [-0.4, -0.2) is 13.1 Å². The Morgan fingerprint density at radius 1 is 1.05 bits per heavy atom. The molecule has 0 amide bonds. The zero-order chi connectivity index (χ0) is 15.8. The molecule has 0 aliphatic carbocycles. The van der Waals surface area contributed by atoms with Gasteiger partial charge in [0.25, 0.3) is 0 Å². The van der Waals surface area contributed by atoms with Crippen molar-refractivity contribution in [3.8, 4) is 11.1 Å². The molecule has 112 valence electrons. The van der Waals surface area contributed by atoms with E-state index in [2.05, 4.69) is 26.0 Å². The van der Waals surface area contributed by atoms with Crippen molar-refractivity contribution >= 4 is 5.97 Å². The number of ether oxygens (including phenoxy) is 1. The highest BCUT2D eigenvalue weighted by molar-refractivity contribution is 5.97. The maximum absolute atomic E-state index is 11.9. The third kappa shape index (κ3) is 3.94. The molecule has 0 aromatic heterocycles. The van der Waals surface area contributed by atoms with E-state index in [1.165, 1.54) is 12.7 Å². The summed E-state index contributed by atoms with van der Waals surface area (Å²) < 4.78 is 4.87. The third-order valence-corrected chi connectivity index (χ3v) is 3.33. The van der Waals surface area contributed by atoms with Gasteiger partial charge in [-0.05, 0) is 41.7 Å². The number of carbonyl (C=O) groups is 1. The largest absolute Gasteiger partial charge is 0.465 e. The van der Waals surface area contributed by atoms with Crippen LogP contribution >= 0.6 is 0 Å². The minimum absolute atomic E-state index is 0.291. The Hall–Kier alpha value is -2.09. The summed E-state index contributed by atoms with van der Waals surface area (Å²) in [6.45, 7) is 8.16. The Labute approximate surface area is 127 Å². The maximum atomic E-state index is 11.9. The van der Waals surface area contributed by atoms with Crippen molar-refractivity contribution in [3.05, 3.63) is 59.2 Å². The van der Waals surface area contributed by atoms with Gasteiger partial charge in [0.2, 0.25) is 0 Å². The monoisotopic (exact) mass is 284 g/mol. The van der Waals surface area contributed by atoms with Crippen LogP contribution < -0.4 is 0 Å². The summed E-state index contributed by atoms with van der Waals surface area (Å²) in [5.41, 5.74) is 5.02. The molecule has 0 N–H and O–H groups in total. The van der Waals surface area contributed by atoms with Crippen molar-refractivity contribution in [3.63, 3.8) is 0 Å². The topological polar surface area (TPSA) is 26.3 Å². The molecule has 0 spiro atoms. The maximum Gasteiger partial charge on any atom is 0.338 e. The second kappa shape index (κ2) is 8.25. The first kappa shape index (κ1) is 17.0. The van der Waals surface area contributed by atoms with E-state index in [4.69, 9.17) is 4.74 Å². The summed E-state index contributed by atoms with van der Waals surface area (Å²) in [6, 6.07) is 14.0. The van der Waals surface area contributed by atoms with E-state index in [1.807, 2.05) is 44.2 Å². The van der Waals surface area contributed by atoms with Gasteiger partial charge < -0.3 is 4.74 Å². The zero-order valence-electron chi connectivity index (χ0n) is 13.6. The standard InChI is InChI=1S/C17H18O2.C2H6/c1-4-13-9-10-15(17(18)19-3)16(11-13)14-8-6-5-7-12(14)2;1-2/h5-11H,4H2,1-3H3;1-2H3. The molecule has 2 rings (SSSR count). The van der Waals surface area contributed by atoms with Gasteiger partial charge in [-0.1, -0.05) is 57.2 Å². The summed E-state index contributed by atoms with van der Waals surface area (Å²) >= 11 is 0. The number of hydrogen-bond donors (Lipinski definition) is 0. The van der Waals surface area contributed by atoms with Gasteiger partial charge in [-0.15, -0.1) is 0 Å². The number of hydrogen-bond acceptors (Lipinski definition) is 2. The highest BCUT2D eigenvalue weighted by Crippen LogP contribution is 2.28. The van der Waals surface area contributed by atoms with E-state index in [-0.39, 0.29) is 5.97 Å². The lowest BCUT2D eigenvalue weighted by Crippen LogP contribution is -2.04. The predicted octanol–water partition coefficient (Wildman–Crippen LogP) is 5.04. The van der Waals surface area contributed by atoms with Gasteiger partial charge in [-0.3, -0.25) is 0 Å². The Kier molecular flexibility index (Phi) is 6.67. The summed E-state index contributed by atoms with van der Waals surface area (Å²) in [7, 11) is 1.41. The molecule has 0 saturated heterocycles. The molecule has 0 saturated carbocycles. The van der Waals surface area contributed by atoms with E-state index in [0.717, 1.165) is 23.1 Å². The van der Waals surface area contributed by atoms with E-state index in [1.54, 1.807) is 0 Å². The lowest BCUT2D eigenvalue weighted by Gasteiger charge is -2.12. The Morgan fingerprint density at radius 3 is 2.29 bits per heavy atom. The van der Waals surface area contributed by atoms with Crippen LogP contribution in [0.2, 0.25) is 0 Å². The lowest BCUT2D eigenvalue weighted by molar-refractivity contribution is 0.0601. The molecular weight excluding hydrogens is 260 g/mol. The Morgan fingerprint density at radius 2 is 1.71 bits per heavy atom. The van der Waals surface area contributed by atoms with Gasteiger partial charge in [-0.2, -0.15) is 0 Å². The summed E-state index contributed by atoms with van der Waals surface area (Å²) in [6.07, 6.45) is 0.945. The van der Waals surface area contributed by atoms with E-state index in [9.17, 15) is 4.79 Å². The average molecular weight is 284 g/mol. The van der Waals surface area contributed by atoms with E-state index < -0.39 is 0 Å². The van der Waals surface area contributed by atoms with Crippen LogP contribution in [-0.2, 0) is 11.2 Å². The minimum Gasteiger partial charge on any atom is -0.465 e. The fourth-order valence-electron chi connectivity index (χ4n) is 2.20. The molecule has 0 bridgehead atoms. The quantitative estimate of drug-likeness (QED) is 0.738. The van der Waals surface area contributed by atoms with Crippen LogP contribution in [0.5, 0.6) is 0 Å². The number of carbonyl (C=O) groups excluding carboxylic acids is 1. The van der Waals surface area contributed by atoms with Crippen LogP contribution in [0.1, 0.15) is 42.3 Å². The molecule has 0 fully saturated rings. The second-order valence-corrected chi connectivity index (χ2v) is 4.54. The first-order valence-electron chi connectivity index (χ1n) is 7.44. The lowest BCUT2D eigenvalue weighted by atomic mass is 9.93. The van der Waals surface area contributed by atoms with Crippen LogP contribution in [0.3, 0.4) is 0 Å². The molecular formula is C19H24O2. The SMILES string of the molecule is CC.CCc1ccc(C(=O)OC)c(-c2ccccc2C)c1. The van der Waals surface area contributed by atoms with Crippen LogP contribution in [0, 0.1) is 6.92 Å². The summed E-state index contributed by atoms with van der Waals surface area (Å²) in [5.74, 6) is -0.291. The van der Waals surface area contributed by atoms with Crippen molar-refractivity contribution in [1.29, 1.82) is 0 Å². The van der Waals surface area contributed by atoms with Gasteiger partial charge in [-0.25, -0.2) is 4.79 Å². The van der Waals surface area contributed by atoms with Crippen molar-refractivity contribution in [2.24, 2.45) is 0 Å². The van der Waals surface area contributed by atoms with Crippen LogP contribution in [0.15, 0.2) is 42.5 Å². The van der Waals surface area contributed by atoms with Crippen LogP contribution in [0.25, 0.3) is 11.1 Å². The van der Waals surface area contributed by atoms with Gasteiger partial charge in [0.05, 0.1) is 12.7 Å². The molecule has 0 aliphatic rings. The number of methoxy groups -OCH3 is 1. The second-order valence-electron chi connectivity index (χ2n) is 4.54.